The topological polar surface area (TPSA) is 0 Å². The lowest BCUT2D eigenvalue weighted by atomic mass is 9.65. The summed E-state index contributed by atoms with van der Waals surface area (Å²) in [6, 6.07) is 0. The summed E-state index contributed by atoms with van der Waals surface area (Å²) in [6.45, 7) is 26.5. The van der Waals surface area contributed by atoms with Crippen molar-refractivity contribution in [1.82, 2.24) is 0 Å². The Hall–Kier alpha value is 0. The molecular weight excluding hydrogens is 240 g/mol. The van der Waals surface area contributed by atoms with Crippen LogP contribution in [-0.4, -0.2) is 0 Å². The van der Waals surface area contributed by atoms with E-state index in [0.29, 0.717) is 21.7 Å². The fourth-order valence-corrected chi connectivity index (χ4v) is 4.93. The van der Waals surface area contributed by atoms with Crippen molar-refractivity contribution in [3.8, 4) is 0 Å². The maximum atomic E-state index is 2.47. The van der Waals surface area contributed by atoms with Gasteiger partial charge in [-0.3, -0.25) is 0 Å². The van der Waals surface area contributed by atoms with E-state index in [4.69, 9.17) is 0 Å². The molecule has 0 aliphatic heterocycles. The molecule has 122 valence electrons. The number of hydrogen-bond acceptors (Lipinski definition) is 0. The van der Waals surface area contributed by atoms with Gasteiger partial charge in [-0.1, -0.05) is 76.2 Å². The van der Waals surface area contributed by atoms with Gasteiger partial charge in [0.05, 0.1) is 0 Å². The van der Waals surface area contributed by atoms with Crippen molar-refractivity contribution in [1.29, 1.82) is 0 Å². The van der Waals surface area contributed by atoms with Gasteiger partial charge in [-0.2, -0.15) is 0 Å². The molecule has 0 saturated heterocycles. The summed E-state index contributed by atoms with van der Waals surface area (Å²) in [5.41, 5.74) is 1.76. The van der Waals surface area contributed by atoms with Crippen molar-refractivity contribution in [2.75, 3.05) is 0 Å². The molecule has 0 aliphatic rings. The molecule has 0 radical (unpaired) electrons. The predicted molar refractivity (Wildman–Crippen MR) is 94.1 cm³/mol. The van der Waals surface area contributed by atoms with E-state index in [9.17, 15) is 0 Å². The van der Waals surface area contributed by atoms with E-state index >= 15 is 0 Å². The molecule has 0 nitrogen and oxygen atoms in total. The van der Waals surface area contributed by atoms with Gasteiger partial charge >= 0.3 is 0 Å². The van der Waals surface area contributed by atoms with Gasteiger partial charge < -0.3 is 0 Å². The molecule has 0 saturated carbocycles. The van der Waals surface area contributed by atoms with Crippen LogP contribution in [0.25, 0.3) is 0 Å². The van der Waals surface area contributed by atoms with Gasteiger partial charge in [0.2, 0.25) is 0 Å². The molecule has 20 heavy (non-hydrogen) atoms. The van der Waals surface area contributed by atoms with Gasteiger partial charge in [0.25, 0.3) is 0 Å². The molecule has 0 bridgehead atoms. The summed E-state index contributed by atoms with van der Waals surface area (Å²) in [7, 11) is 0. The molecule has 0 rings (SSSR count). The Morgan fingerprint density at radius 1 is 0.550 bits per heavy atom. The fraction of sp³-hybridized carbons (Fsp3) is 1.00. The first-order valence-electron chi connectivity index (χ1n) is 8.52. The summed E-state index contributed by atoms with van der Waals surface area (Å²) in [6.07, 6.45) is 5.30. The Labute approximate surface area is 130 Å². The van der Waals surface area contributed by atoms with E-state index in [2.05, 4.69) is 76.2 Å². The Bertz CT molecular complexity index is 280. The lowest BCUT2D eigenvalue weighted by Crippen LogP contribution is -2.29. The second-order valence-corrected chi connectivity index (χ2v) is 11.3. The minimum atomic E-state index is 0.427. The van der Waals surface area contributed by atoms with E-state index in [-0.39, 0.29) is 0 Å². The Morgan fingerprint density at radius 2 is 1.00 bits per heavy atom. The monoisotopic (exact) mass is 282 g/mol. The first-order valence-corrected chi connectivity index (χ1v) is 8.52. The Morgan fingerprint density at radius 3 is 1.35 bits per heavy atom. The molecule has 0 N–H and O–H groups in total. The highest BCUT2D eigenvalue weighted by Gasteiger charge is 2.33. The molecule has 0 fully saturated rings. The van der Waals surface area contributed by atoms with Crippen LogP contribution >= 0.6 is 0 Å². The van der Waals surface area contributed by atoms with Crippen LogP contribution in [0, 0.1) is 27.6 Å². The molecule has 0 aliphatic carbocycles. The van der Waals surface area contributed by atoms with E-state index in [1.807, 2.05) is 0 Å². The minimum Gasteiger partial charge on any atom is -0.0625 e. The van der Waals surface area contributed by atoms with Crippen LogP contribution in [0.4, 0.5) is 0 Å². The van der Waals surface area contributed by atoms with Crippen molar-refractivity contribution in [2.24, 2.45) is 27.6 Å². The summed E-state index contributed by atoms with van der Waals surface area (Å²) in [4.78, 5) is 0. The van der Waals surface area contributed by atoms with Gasteiger partial charge in [0.15, 0.2) is 0 Å². The third kappa shape index (κ3) is 10.7. The van der Waals surface area contributed by atoms with Crippen LogP contribution in [0.3, 0.4) is 0 Å². The first-order chi connectivity index (χ1) is 8.52. The second kappa shape index (κ2) is 6.41. The normalized spacial score (nSPS) is 16.4. The second-order valence-electron chi connectivity index (χ2n) is 11.3. The van der Waals surface area contributed by atoms with E-state index in [1.165, 1.54) is 25.7 Å². The third-order valence-corrected chi connectivity index (χ3v) is 3.83. The maximum Gasteiger partial charge on any atom is -0.0344 e. The van der Waals surface area contributed by atoms with Crippen LogP contribution in [-0.2, 0) is 0 Å². The van der Waals surface area contributed by atoms with E-state index in [1.54, 1.807) is 0 Å². The molecule has 1 unspecified atom stereocenters. The molecule has 0 spiro atoms. The van der Waals surface area contributed by atoms with Crippen molar-refractivity contribution in [3.63, 3.8) is 0 Å². The van der Waals surface area contributed by atoms with Crippen LogP contribution < -0.4 is 0 Å². The zero-order valence-electron chi connectivity index (χ0n) is 16.4. The maximum absolute atomic E-state index is 2.47. The number of rotatable bonds is 6. The summed E-state index contributed by atoms with van der Waals surface area (Å²) in [5, 5.41) is 0. The highest BCUT2D eigenvalue weighted by Crippen LogP contribution is 2.45. The van der Waals surface area contributed by atoms with Crippen LogP contribution in [0.2, 0.25) is 0 Å². The molecule has 0 heteroatoms. The van der Waals surface area contributed by atoms with E-state index < -0.39 is 0 Å². The Balaban J connectivity index is 4.58. The Kier molecular flexibility index (Phi) is 6.41. The average molecular weight is 283 g/mol. The van der Waals surface area contributed by atoms with Gasteiger partial charge in [0, 0.05) is 0 Å². The molecule has 0 aromatic rings. The fourth-order valence-electron chi connectivity index (χ4n) is 4.93. The van der Waals surface area contributed by atoms with Crippen molar-refractivity contribution >= 4 is 0 Å². The minimum absolute atomic E-state index is 0.427. The zero-order valence-corrected chi connectivity index (χ0v) is 16.4. The van der Waals surface area contributed by atoms with Gasteiger partial charge in [-0.05, 0) is 53.3 Å². The highest BCUT2D eigenvalue weighted by molar-refractivity contribution is 4.84. The van der Waals surface area contributed by atoms with Crippen molar-refractivity contribution in [2.45, 2.75) is 102 Å². The molecule has 0 heterocycles. The average Bonchev–Trinajstić information content (AvgIpc) is 1.86. The van der Waals surface area contributed by atoms with Crippen molar-refractivity contribution < 1.29 is 0 Å². The lowest BCUT2D eigenvalue weighted by Gasteiger charge is -2.40. The zero-order chi connectivity index (χ0) is 16.4. The summed E-state index contributed by atoms with van der Waals surface area (Å²) in [5.74, 6) is 0.815. The largest absolute Gasteiger partial charge is 0.0625 e. The van der Waals surface area contributed by atoms with Gasteiger partial charge in [-0.25, -0.2) is 0 Å². The summed E-state index contributed by atoms with van der Waals surface area (Å²) < 4.78 is 0. The molecule has 0 aromatic heterocycles. The SMILES string of the molecule is CC(CC(C)(C)C)CC(C)(C)CC(C)(C)CC(C)(C)C. The first kappa shape index (κ1) is 20.0. The highest BCUT2D eigenvalue weighted by atomic mass is 14.4. The number of hydrogen-bond donors (Lipinski definition) is 0. The summed E-state index contributed by atoms with van der Waals surface area (Å²) >= 11 is 0. The van der Waals surface area contributed by atoms with Crippen LogP contribution in [0.1, 0.15) is 102 Å². The van der Waals surface area contributed by atoms with E-state index in [0.717, 1.165) is 5.92 Å². The molecule has 0 amide bonds. The lowest BCUT2D eigenvalue weighted by molar-refractivity contribution is 0.108. The molecule has 0 aromatic carbocycles. The van der Waals surface area contributed by atoms with Gasteiger partial charge in [0.1, 0.15) is 0 Å². The smallest absolute Gasteiger partial charge is 0.0344 e. The molecule has 1 atom stereocenters. The third-order valence-electron chi connectivity index (χ3n) is 3.83. The molecular formula is C20H42. The standard InChI is InChI=1S/C20H42/c1-16(12-17(2,3)4)13-19(8,9)15-20(10,11)14-18(5,6)7/h16H,12-15H2,1-11H3. The van der Waals surface area contributed by atoms with Crippen LogP contribution in [0.15, 0.2) is 0 Å². The van der Waals surface area contributed by atoms with Gasteiger partial charge in [-0.15, -0.1) is 0 Å². The van der Waals surface area contributed by atoms with Crippen LogP contribution in [0.5, 0.6) is 0 Å². The quantitative estimate of drug-likeness (QED) is 0.478. The van der Waals surface area contributed by atoms with Crippen molar-refractivity contribution in [3.05, 3.63) is 0 Å². The predicted octanol–water partition coefficient (Wildman–Crippen LogP) is 7.33.